The highest BCUT2D eigenvalue weighted by Crippen LogP contribution is 2.00. The Morgan fingerprint density at radius 1 is 1.29 bits per heavy atom. The van der Waals surface area contributed by atoms with E-state index in [9.17, 15) is 9.59 Å². The van der Waals surface area contributed by atoms with E-state index in [2.05, 4.69) is 20.9 Å². The molecule has 3 N–H and O–H groups in total. The van der Waals surface area contributed by atoms with Gasteiger partial charge in [-0.2, -0.15) is 0 Å². The van der Waals surface area contributed by atoms with Crippen molar-refractivity contribution in [1.82, 2.24) is 20.9 Å². The maximum atomic E-state index is 11.7. The molecule has 2 heterocycles. The molecule has 0 aromatic carbocycles. The molecule has 9 heteroatoms. The van der Waals surface area contributed by atoms with Gasteiger partial charge in [-0.1, -0.05) is 6.07 Å². The van der Waals surface area contributed by atoms with E-state index in [-0.39, 0.29) is 55.9 Å². The van der Waals surface area contributed by atoms with E-state index in [0.717, 1.165) is 31.5 Å². The Morgan fingerprint density at radius 3 is 2.75 bits per heavy atom. The lowest BCUT2D eigenvalue weighted by Crippen LogP contribution is -2.46. The van der Waals surface area contributed by atoms with Crippen molar-refractivity contribution in [3.8, 4) is 0 Å². The number of carbonyl (C=O) groups excluding carboxylic acids is 2. The third-order valence-corrected chi connectivity index (χ3v) is 3.34. The minimum Gasteiger partial charge on any atom is -0.362 e. The van der Waals surface area contributed by atoms with Crippen LogP contribution in [0.25, 0.3) is 0 Å². The average molecular weight is 379 g/mol. The number of carbonyl (C=O) groups is 2. The molecule has 0 bridgehead atoms. The number of rotatable bonds is 7. The first-order chi connectivity index (χ1) is 10.7. The molecule has 0 saturated carbocycles. The molecular weight excluding hydrogens is 355 g/mol. The first-order valence-electron chi connectivity index (χ1n) is 7.47. The smallest absolute Gasteiger partial charge is 0.246 e. The lowest BCUT2D eigenvalue weighted by Gasteiger charge is -2.23. The van der Waals surface area contributed by atoms with Crippen LogP contribution in [0.1, 0.15) is 18.4 Å². The molecule has 1 aromatic heterocycles. The van der Waals surface area contributed by atoms with Gasteiger partial charge >= 0.3 is 0 Å². The van der Waals surface area contributed by atoms with Gasteiger partial charge < -0.3 is 20.7 Å². The van der Waals surface area contributed by atoms with Crippen molar-refractivity contribution in [2.75, 3.05) is 26.3 Å². The number of aromatic nitrogens is 1. The lowest BCUT2D eigenvalue weighted by molar-refractivity contribution is -0.131. The van der Waals surface area contributed by atoms with Crippen molar-refractivity contribution >= 4 is 36.6 Å². The van der Waals surface area contributed by atoms with E-state index in [1.165, 1.54) is 0 Å². The highest BCUT2D eigenvalue weighted by Gasteiger charge is 2.15. The highest BCUT2D eigenvalue weighted by atomic mass is 35.5. The summed E-state index contributed by atoms with van der Waals surface area (Å²) in [6.45, 7) is 1.96. The Hall–Kier alpha value is -1.41. The van der Waals surface area contributed by atoms with E-state index in [1.54, 1.807) is 12.4 Å². The number of pyridine rings is 1. The minimum absolute atomic E-state index is 0. The number of hydrogen-bond donors (Lipinski definition) is 3. The molecule has 1 aliphatic rings. The number of nitrogens with zero attached hydrogens (tertiary/aromatic N) is 1. The molecule has 136 valence electrons. The summed E-state index contributed by atoms with van der Waals surface area (Å²) in [6, 6.07) is 3.84. The number of halogens is 2. The fraction of sp³-hybridized carbons (Fsp3) is 0.533. The summed E-state index contributed by atoms with van der Waals surface area (Å²) >= 11 is 0. The molecule has 1 saturated heterocycles. The van der Waals surface area contributed by atoms with E-state index in [4.69, 9.17) is 4.74 Å². The summed E-state index contributed by atoms with van der Waals surface area (Å²) in [5, 5.41) is 8.81. The molecule has 1 aliphatic heterocycles. The van der Waals surface area contributed by atoms with Crippen LogP contribution < -0.4 is 16.0 Å². The third-order valence-electron chi connectivity index (χ3n) is 3.34. The monoisotopic (exact) mass is 378 g/mol. The first kappa shape index (κ1) is 22.6. The third kappa shape index (κ3) is 9.02. The second kappa shape index (κ2) is 12.9. The van der Waals surface area contributed by atoms with Gasteiger partial charge in [0.1, 0.15) is 13.2 Å². The van der Waals surface area contributed by atoms with Crippen LogP contribution >= 0.6 is 24.8 Å². The Morgan fingerprint density at radius 2 is 2.08 bits per heavy atom. The molecule has 0 unspecified atom stereocenters. The van der Waals surface area contributed by atoms with Gasteiger partial charge in [0, 0.05) is 31.5 Å². The quantitative estimate of drug-likeness (QED) is 0.639. The largest absolute Gasteiger partial charge is 0.362 e. The maximum Gasteiger partial charge on any atom is 0.246 e. The molecule has 7 nitrogen and oxygen atoms in total. The fourth-order valence-electron chi connectivity index (χ4n) is 2.24. The van der Waals surface area contributed by atoms with Gasteiger partial charge in [0.15, 0.2) is 0 Å². The van der Waals surface area contributed by atoms with Crippen LogP contribution in [0.5, 0.6) is 0 Å². The van der Waals surface area contributed by atoms with Gasteiger partial charge in [-0.25, -0.2) is 0 Å². The summed E-state index contributed by atoms with van der Waals surface area (Å²) in [5.74, 6) is -0.440. The van der Waals surface area contributed by atoms with Gasteiger partial charge in [-0.3, -0.25) is 14.6 Å². The van der Waals surface area contributed by atoms with Crippen molar-refractivity contribution in [2.45, 2.75) is 25.4 Å². The Kier molecular flexibility index (Phi) is 12.2. The molecule has 0 spiro atoms. The molecule has 1 atom stereocenters. The zero-order chi connectivity index (χ0) is 15.6. The van der Waals surface area contributed by atoms with Crippen LogP contribution in [0.2, 0.25) is 0 Å². The van der Waals surface area contributed by atoms with Crippen LogP contribution in [0.3, 0.4) is 0 Å². The van der Waals surface area contributed by atoms with E-state index in [0.29, 0.717) is 6.54 Å². The normalized spacial score (nSPS) is 16.2. The summed E-state index contributed by atoms with van der Waals surface area (Å²) in [5.41, 5.74) is 0.915. The summed E-state index contributed by atoms with van der Waals surface area (Å²) < 4.78 is 5.13. The van der Waals surface area contributed by atoms with Crippen LogP contribution in [-0.2, 0) is 20.9 Å². The zero-order valence-electron chi connectivity index (χ0n) is 13.3. The van der Waals surface area contributed by atoms with Crippen molar-refractivity contribution < 1.29 is 14.3 Å². The summed E-state index contributed by atoms with van der Waals surface area (Å²) in [6.07, 6.45) is 5.40. The first-order valence-corrected chi connectivity index (χ1v) is 7.47. The molecule has 0 aliphatic carbocycles. The highest BCUT2D eigenvalue weighted by molar-refractivity contribution is 5.85. The van der Waals surface area contributed by atoms with Gasteiger partial charge in [0.25, 0.3) is 0 Å². The number of amides is 2. The SMILES string of the molecule is Cl.Cl.O=C(COCC(=O)N[C@H]1CCCNC1)NCc1cccnc1. The van der Waals surface area contributed by atoms with Crippen molar-refractivity contribution in [1.29, 1.82) is 0 Å². The molecule has 1 aromatic rings. The van der Waals surface area contributed by atoms with Crippen molar-refractivity contribution in [3.63, 3.8) is 0 Å². The number of nitrogens with one attached hydrogen (secondary N) is 3. The van der Waals surface area contributed by atoms with E-state index < -0.39 is 0 Å². The summed E-state index contributed by atoms with van der Waals surface area (Å²) in [4.78, 5) is 27.2. The van der Waals surface area contributed by atoms with Gasteiger partial charge in [-0.15, -0.1) is 24.8 Å². The number of hydrogen-bond acceptors (Lipinski definition) is 5. The molecular formula is C15H24Cl2N4O3. The molecule has 24 heavy (non-hydrogen) atoms. The standard InChI is InChI=1S/C15H22N4O3.2ClH/c20-14(18-8-12-3-1-5-16-7-12)10-22-11-15(21)19-13-4-2-6-17-9-13;;/h1,3,5,7,13,17H,2,4,6,8-11H2,(H,18,20)(H,19,21);2*1H/t13-;;/m0../s1. The number of piperidine rings is 1. The van der Waals surface area contributed by atoms with E-state index >= 15 is 0 Å². The van der Waals surface area contributed by atoms with Crippen LogP contribution in [0.15, 0.2) is 24.5 Å². The molecule has 0 radical (unpaired) electrons. The molecule has 2 amide bonds. The Labute approximate surface area is 154 Å². The average Bonchev–Trinajstić information content (AvgIpc) is 2.55. The van der Waals surface area contributed by atoms with Crippen LogP contribution in [0, 0.1) is 0 Å². The molecule has 2 rings (SSSR count). The maximum absolute atomic E-state index is 11.7. The minimum atomic E-state index is -0.254. The summed E-state index contributed by atoms with van der Waals surface area (Å²) in [7, 11) is 0. The Bertz CT molecular complexity index is 485. The lowest BCUT2D eigenvalue weighted by atomic mass is 10.1. The van der Waals surface area contributed by atoms with Gasteiger partial charge in [0.2, 0.25) is 11.8 Å². The Balaban J connectivity index is 0.00000264. The van der Waals surface area contributed by atoms with Crippen molar-refractivity contribution in [2.24, 2.45) is 0 Å². The fourth-order valence-corrected chi connectivity index (χ4v) is 2.24. The predicted octanol–water partition coefficient (Wildman–Crippen LogP) is 0.426. The zero-order valence-corrected chi connectivity index (χ0v) is 15.0. The van der Waals surface area contributed by atoms with Crippen LogP contribution in [0.4, 0.5) is 0 Å². The van der Waals surface area contributed by atoms with Crippen LogP contribution in [-0.4, -0.2) is 49.1 Å². The second-order valence-electron chi connectivity index (χ2n) is 5.24. The number of ether oxygens (including phenoxy) is 1. The van der Waals surface area contributed by atoms with Crippen molar-refractivity contribution in [3.05, 3.63) is 30.1 Å². The second-order valence-corrected chi connectivity index (χ2v) is 5.24. The van der Waals surface area contributed by atoms with E-state index in [1.807, 2.05) is 12.1 Å². The van der Waals surface area contributed by atoms with Gasteiger partial charge in [0.05, 0.1) is 0 Å². The topological polar surface area (TPSA) is 92.4 Å². The molecule has 1 fully saturated rings. The predicted molar refractivity (Wildman–Crippen MR) is 95.4 cm³/mol. The van der Waals surface area contributed by atoms with Gasteiger partial charge in [-0.05, 0) is 31.0 Å².